The van der Waals surface area contributed by atoms with Crippen LogP contribution in [-0.4, -0.2) is 56.2 Å². The lowest BCUT2D eigenvalue weighted by Gasteiger charge is -2.22. The highest BCUT2D eigenvalue weighted by Gasteiger charge is 2.21. The van der Waals surface area contributed by atoms with Crippen molar-refractivity contribution in [1.82, 2.24) is 15.2 Å². The summed E-state index contributed by atoms with van der Waals surface area (Å²) in [5.41, 5.74) is 2.07. The van der Waals surface area contributed by atoms with Gasteiger partial charge >= 0.3 is 0 Å². The molecule has 2 N–H and O–H groups in total. The second kappa shape index (κ2) is 8.34. The molecule has 0 spiro atoms. The number of ether oxygens (including phenoxy) is 1. The van der Waals surface area contributed by atoms with E-state index >= 15 is 0 Å². The zero-order valence-corrected chi connectivity index (χ0v) is 15.0. The lowest BCUT2D eigenvalue weighted by molar-refractivity contribution is 0.115. The first-order chi connectivity index (χ1) is 12.2. The number of halogens is 1. The number of nitrogens with one attached hydrogen (secondary N) is 2. The number of hydrogen-bond donors (Lipinski definition) is 2. The highest BCUT2D eigenvalue weighted by molar-refractivity contribution is 5.83. The minimum absolute atomic E-state index is 0.206. The summed E-state index contributed by atoms with van der Waals surface area (Å²) in [5.74, 6) is 1.44. The van der Waals surface area contributed by atoms with E-state index in [1.54, 1.807) is 19.2 Å². The van der Waals surface area contributed by atoms with Gasteiger partial charge < -0.3 is 19.9 Å². The number of benzene rings is 1. The fraction of sp³-hybridized carbons (Fsp3) is 0.526. The number of aromatic nitrogens is 1. The van der Waals surface area contributed by atoms with Crippen molar-refractivity contribution in [3.05, 3.63) is 35.8 Å². The molecule has 0 saturated heterocycles. The van der Waals surface area contributed by atoms with Gasteiger partial charge in [0, 0.05) is 50.9 Å². The molecule has 6 heteroatoms. The molecular weight excluding hydrogens is 319 g/mol. The number of nitrogens with zero attached hydrogens (tertiary/aromatic N) is 2. The van der Waals surface area contributed by atoms with E-state index in [0.717, 1.165) is 61.1 Å². The Labute approximate surface area is 148 Å². The van der Waals surface area contributed by atoms with Crippen molar-refractivity contribution < 1.29 is 9.13 Å². The van der Waals surface area contributed by atoms with E-state index in [4.69, 9.17) is 4.74 Å². The Hall–Kier alpha value is -2.08. The van der Waals surface area contributed by atoms with Crippen molar-refractivity contribution in [2.24, 2.45) is 10.9 Å². The Morgan fingerprint density at radius 1 is 1.44 bits per heavy atom. The third-order valence-electron chi connectivity index (χ3n) is 4.60. The largest absolute Gasteiger partial charge is 0.379 e. The topological polar surface area (TPSA) is 52.7 Å². The van der Waals surface area contributed by atoms with Gasteiger partial charge in [0.15, 0.2) is 5.96 Å². The van der Waals surface area contributed by atoms with Gasteiger partial charge in [0.1, 0.15) is 5.82 Å². The number of likely N-dealkylation sites (N-methyl/N-ethyl adjacent to an activating group) is 1. The summed E-state index contributed by atoms with van der Waals surface area (Å²) in [6, 6.07) is 4.83. The SMILES string of the molecule is CN=C(NCCc1c[nH]c2ccc(F)cc12)N(C)CCOCC1CC1. The van der Waals surface area contributed by atoms with E-state index in [9.17, 15) is 4.39 Å². The van der Waals surface area contributed by atoms with Crippen LogP contribution < -0.4 is 5.32 Å². The van der Waals surface area contributed by atoms with Crippen molar-refractivity contribution in [2.75, 3.05) is 40.4 Å². The van der Waals surface area contributed by atoms with Crippen LogP contribution in [0.5, 0.6) is 0 Å². The normalized spacial score (nSPS) is 14.9. The van der Waals surface area contributed by atoms with E-state index in [-0.39, 0.29) is 5.82 Å². The molecule has 1 fully saturated rings. The third-order valence-corrected chi connectivity index (χ3v) is 4.60. The second-order valence-corrected chi connectivity index (χ2v) is 6.67. The first-order valence-corrected chi connectivity index (χ1v) is 8.92. The minimum atomic E-state index is -0.206. The predicted molar refractivity (Wildman–Crippen MR) is 99.5 cm³/mol. The number of aromatic amines is 1. The summed E-state index contributed by atoms with van der Waals surface area (Å²) < 4.78 is 19.1. The molecule has 0 radical (unpaired) electrons. The summed E-state index contributed by atoms with van der Waals surface area (Å²) in [6.45, 7) is 3.15. The van der Waals surface area contributed by atoms with Gasteiger partial charge in [-0.25, -0.2) is 4.39 Å². The molecule has 1 heterocycles. The monoisotopic (exact) mass is 346 g/mol. The molecule has 136 valence electrons. The maximum absolute atomic E-state index is 13.4. The Morgan fingerprint density at radius 3 is 3.04 bits per heavy atom. The average molecular weight is 346 g/mol. The molecule has 1 aliphatic carbocycles. The fourth-order valence-corrected chi connectivity index (χ4v) is 2.89. The standard InChI is InChI=1S/C19H27FN4O/c1-21-19(24(2)9-10-25-13-14-3-4-14)22-8-7-15-12-23-18-6-5-16(20)11-17(15)18/h5-6,11-12,14,23H,3-4,7-10,13H2,1-2H3,(H,21,22). The molecule has 25 heavy (non-hydrogen) atoms. The quantitative estimate of drug-likeness (QED) is 0.439. The Morgan fingerprint density at radius 2 is 2.28 bits per heavy atom. The molecule has 2 aromatic rings. The van der Waals surface area contributed by atoms with Crippen molar-refractivity contribution in [3.8, 4) is 0 Å². The molecule has 0 atom stereocenters. The van der Waals surface area contributed by atoms with Crippen LogP contribution in [0.1, 0.15) is 18.4 Å². The van der Waals surface area contributed by atoms with Crippen LogP contribution in [0.2, 0.25) is 0 Å². The average Bonchev–Trinajstić information content (AvgIpc) is 3.36. The van der Waals surface area contributed by atoms with Crippen LogP contribution in [0.4, 0.5) is 4.39 Å². The predicted octanol–water partition coefficient (Wildman–Crippen LogP) is 2.78. The number of fused-ring (bicyclic) bond motifs is 1. The van der Waals surface area contributed by atoms with Gasteiger partial charge in [-0.1, -0.05) is 0 Å². The molecule has 0 bridgehead atoms. The highest BCUT2D eigenvalue weighted by Crippen LogP contribution is 2.28. The maximum Gasteiger partial charge on any atom is 0.193 e. The Bertz CT molecular complexity index is 723. The van der Waals surface area contributed by atoms with Gasteiger partial charge in [0.2, 0.25) is 0 Å². The molecule has 0 aliphatic heterocycles. The molecule has 1 aromatic carbocycles. The summed E-state index contributed by atoms with van der Waals surface area (Å²) in [7, 11) is 3.79. The van der Waals surface area contributed by atoms with Crippen LogP contribution in [0.3, 0.4) is 0 Å². The van der Waals surface area contributed by atoms with Gasteiger partial charge in [0.05, 0.1) is 6.61 Å². The van der Waals surface area contributed by atoms with Gasteiger partial charge in [-0.05, 0) is 48.9 Å². The lowest BCUT2D eigenvalue weighted by Crippen LogP contribution is -2.41. The highest BCUT2D eigenvalue weighted by atomic mass is 19.1. The summed E-state index contributed by atoms with van der Waals surface area (Å²) in [4.78, 5) is 9.58. The van der Waals surface area contributed by atoms with Gasteiger partial charge in [-0.3, -0.25) is 4.99 Å². The van der Waals surface area contributed by atoms with E-state index in [1.165, 1.54) is 18.9 Å². The molecule has 1 saturated carbocycles. The van der Waals surface area contributed by atoms with Crippen LogP contribution >= 0.6 is 0 Å². The summed E-state index contributed by atoms with van der Waals surface area (Å²) in [5, 5.41) is 4.30. The lowest BCUT2D eigenvalue weighted by atomic mass is 10.1. The number of rotatable bonds is 8. The molecule has 3 rings (SSSR count). The van der Waals surface area contributed by atoms with Crippen LogP contribution in [0, 0.1) is 11.7 Å². The Balaban J connectivity index is 1.44. The molecule has 0 unspecified atom stereocenters. The Kier molecular flexibility index (Phi) is 5.91. The number of aliphatic imine (C=N–C) groups is 1. The third kappa shape index (κ3) is 4.95. The van der Waals surface area contributed by atoms with E-state index in [0.29, 0.717) is 0 Å². The minimum Gasteiger partial charge on any atom is -0.379 e. The number of hydrogen-bond acceptors (Lipinski definition) is 2. The second-order valence-electron chi connectivity index (χ2n) is 6.67. The number of H-pyrrole nitrogens is 1. The van der Waals surface area contributed by atoms with Gasteiger partial charge in [-0.15, -0.1) is 0 Å². The van der Waals surface area contributed by atoms with Crippen molar-refractivity contribution in [3.63, 3.8) is 0 Å². The van der Waals surface area contributed by atoms with Crippen LogP contribution in [0.15, 0.2) is 29.4 Å². The summed E-state index contributed by atoms with van der Waals surface area (Å²) >= 11 is 0. The van der Waals surface area contributed by atoms with Crippen molar-refractivity contribution in [1.29, 1.82) is 0 Å². The van der Waals surface area contributed by atoms with E-state index < -0.39 is 0 Å². The van der Waals surface area contributed by atoms with Gasteiger partial charge in [-0.2, -0.15) is 0 Å². The zero-order valence-electron chi connectivity index (χ0n) is 15.0. The van der Waals surface area contributed by atoms with Crippen molar-refractivity contribution >= 4 is 16.9 Å². The van der Waals surface area contributed by atoms with Crippen LogP contribution in [-0.2, 0) is 11.2 Å². The molecular formula is C19H27FN4O. The first-order valence-electron chi connectivity index (χ1n) is 8.92. The first kappa shape index (κ1) is 17.7. The smallest absolute Gasteiger partial charge is 0.193 e. The maximum atomic E-state index is 13.4. The zero-order chi connectivity index (χ0) is 17.6. The van der Waals surface area contributed by atoms with Crippen LogP contribution in [0.25, 0.3) is 10.9 Å². The van der Waals surface area contributed by atoms with Crippen molar-refractivity contribution in [2.45, 2.75) is 19.3 Å². The number of guanidine groups is 1. The summed E-state index contributed by atoms with van der Waals surface area (Å²) in [6.07, 6.45) is 5.38. The van der Waals surface area contributed by atoms with E-state index in [1.807, 2.05) is 13.2 Å². The molecule has 1 aromatic heterocycles. The van der Waals surface area contributed by atoms with Gasteiger partial charge in [0.25, 0.3) is 0 Å². The molecule has 5 nitrogen and oxygen atoms in total. The molecule has 0 amide bonds. The van der Waals surface area contributed by atoms with E-state index in [2.05, 4.69) is 20.2 Å². The molecule has 1 aliphatic rings. The fourth-order valence-electron chi connectivity index (χ4n) is 2.89.